The summed E-state index contributed by atoms with van der Waals surface area (Å²) in [6.07, 6.45) is 0.739. The van der Waals surface area contributed by atoms with E-state index in [0.29, 0.717) is 23.0 Å². The molecule has 1 rings (SSSR count). The van der Waals surface area contributed by atoms with E-state index in [1.165, 1.54) is 7.11 Å². The van der Waals surface area contributed by atoms with Gasteiger partial charge in [-0.2, -0.15) is 10.2 Å². The van der Waals surface area contributed by atoms with Crippen LogP contribution in [0.15, 0.2) is 0 Å². The van der Waals surface area contributed by atoms with Gasteiger partial charge >= 0.3 is 0 Å². The zero-order valence-corrected chi connectivity index (χ0v) is 7.96. The number of methoxy groups -OCH3 is 1. The Labute approximate surface area is 77.2 Å². The fraction of sp³-hybridized carbons (Fsp3) is 0.444. The molecule has 0 aliphatic carbocycles. The summed E-state index contributed by atoms with van der Waals surface area (Å²) >= 11 is 0. The third-order valence-electron chi connectivity index (χ3n) is 1.72. The van der Waals surface area contributed by atoms with E-state index in [-0.39, 0.29) is 0 Å². The Hall–Kier alpha value is -1.63. The SMILES string of the molecule is CCc1nc(C)c(C#N)c(OC)n1. The number of aromatic nitrogens is 2. The van der Waals surface area contributed by atoms with E-state index in [1.54, 1.807) is 6.92 Å². The van der Waals surface area contributed by atoms with E-state index in [2.05, 4.69) is 9.97 Å². The lowest BCUT2D eigenvalue weighted by Crippen LogP contribution is -2.02. The third kappa shape index (κ3) is 1.75. The predicted molar refractivity (Wildman–Crippen MR) is 47.4 cm³/mol. The van der Waals surface area contributed by atoms with Gasteiger partial charge in [0.05, 0.1) is 12.8 Å². The second-order valence-corrected chi connectivity index (χ2v) is 2.57. The number of hydrogen-bond acceptors (Lipinski definition) is 4. The normalized spacial score (nSPS) is 9.38. The highest BCUT2D eigenvalue weighted by Crippen LogP contribution is 2.16. The minimum Gasteiger partial charge on any atom is -0.480 e. The van der Waals surface area contributed by atoms with Crippen molar-refractivity contribution in [1.29, 1.82) is 5.26 Å². The molecule has 1 aromatic rings. The quantitative estimate of drug-likeness (QED) is 0.681. The molecule has 4 heteroatoms. The topological polar surface area (TPSA) is 58.8 Å². The van der Waals surface area contributed by atoms with Gasteiger partial charge in [-0.05, 0) is 6.92 Å². The molecule has 1 aromatic heterocycles. The highest BCUT2D eigenvalue weighted by molar-refractivity contribution is 5.41. The molecule has 0 amide bonds. The van der Waals surface area contributed by atoms with Crippen LogP contribution in [0.2, 0.25) is 0 Å². The molecule has 0 aliphatic rings. The first-order valence-corrected chi connectivity index (χ1v) is 4.04. The van der Waals surface area contributed by atoms with Gasteiger partial charge in [0, 0.05) is 6.42 Å². The summed E-state index contributed by atoms with van der Waals surface area (Å²) in [7, 11) is 1.50. The zero-order valence-electron chi connectivity index (χ0n) is 7.96. The van der Waals surface area contributed by atoms with Crippen molar-refractivity contribution in [3.05, 3.63) is 17.1 Å². The van der Waals surface area contributed by atoms with Crippen molar-refractivity contribution in [2.24, 2.45) is 0 Å². The fourth-order valence-electron chi connectivity index (χ4n) is 1.04. The maximum Gasteiger partial charge on any atom is 0.235 e. The van der Waals surface area contributed by atoms with Gasteiger partial charge in [-0.25, -0.2) is 4.98 Å². The Morgan fingerprint density at radius 2 is 2.15 bits per heavy atom. The van der Waals surface area contributed by atoms with Crippen LogP contribution < -0.4 is 4.74 Å². The summed E-state index contributed by atoms with van der Waals surface area (Å²) in [6, 6.07) is 2.02. The molecule has 0 aliphatic heterocycles. The molecule has 0 N–H and O–H groups in total. The molecular weight excluding hydrogens is 166 g/mol. The van der Waals surface area contributed by atoms with Gasteiger partial charge in [0.15, 0.2) is 0 Å². The van der Waals surface area contributed by atoms with Crippen molar-refractivity contribution in [1.82, 2.24) is 9.97 Å². The lowest BCUT2D eigenvalue weighted by atomic mass is 10.2. The fourth-order valence-corrected chi connectivity index (χ4v) is 1.04. The summed E-state index contributed by atoms with van der Waals surface area (Å²) in [4.78, 5) is 8.24. The number of ether oxygens (including phenoxy) is 1. The molecule has 0 radical (unpaired) electrons. The summed E-state index contributed by atoms with van der Waals surface area (Å²) in [5, 5.41) is 8.78. The first kappa shape index (κ1) is 9.46. The Balaban J connectivity index is 3.31. The van der Waals surface area contributed by atoms with Crippen LogP contribution in [-0.2, 0) is 6.42 Å². The first-order valence-electron chi connectivity index (χ1n) is 4.04. The third-order valence-corrected chi connectivity index (χ3v) is 1.72. The first-order chi connectivity index (χ1) is 6.22. The Morgan fingerprint density at radius 1 is 1.46 bits per heavy atom. The molecular formula is C9H11N3O. The molecule has 4 nitrogen and oxygen atoms in total. The van der Waals surface area contributed by atoms with Gasteiger partial charge in [-0.3, -0.25) is 0 Å². The van der Waals surface area contributed by atoms with E-state index in [4.69, 9.17) is 10.00 Å². The summed E-state index contributed by atoms with van der Waals surface area (Å²) in [5.41, 5.74) is 1.09. The molecule has 0 unspecified atom stereocenters. The number of rotatable bonds is 2. The van der Waals surface area contributed by atoms with Crippen molar-refractivity contribution in [2.75, 3.05) is 7.11 Å². The summed E-state index contributed by atoms with van der Waals surface area (Å²) in [6.45, 7) is 3.74. The highest BCUT2D eigenvalue weighted by Gasteiger charge is 2.10. The molecule has 0 bridgehead atoms. The number of nitrogens with zero attached hydrogens (tertiary/aromatic N) is 3. The lowest BCUT2D eigenvalue weighted by molar-refractivity contribution is 0.392. The Bertz CT molecular complexity index is 355. The van der Waals surface area contributed by atoms with Gasteiger partial charge in [0.1, 0.15) is 17.5 Å². The lowest BCUT2D eigenvalue weighted by Gasteiger charge is -2.05. The summed E-state index contributed by atoms with van der Waals surface area (Å²) < 4.78 is 4.99. The monoisotopic (exact) mass is 177 g/mol. The van der Waals surface area contributed by atoms with Crippen molar-refractivity contribution < 1.29 is 4.74 Å². The van der Waals surface area contributed by atoms with Crippen molar-refractivity contribution >= 4 is 0 Å². The standard InChI is InChI=1S/C9H11N3O/c1-4-8-11-6(2)7(5-10)9(12-8)13-3/h4H2,1-3H3. The average Bonchev–Trinajstić information content (AvgIpc) is 2.16. The molecule has 68 valence electrons. The molecule has 0 spiro atoms. The van der Waals surface area contributed by atoms with Crippen LogP contribution in [0.1, 0.15) is 24.0 Å². The van der Waals surface area contributed by atoms with Crippen LogP contribution >= 0.6 is 0 Å². The van der Waals surface area contributed by atoms with Crippen LogP contribution in [0.3, 0.4) is 0 Å². The molecule has 0 atom stereocenters. The van der Waals surface area contributed by atoms with Crippen LogP contribution in [0.4, 0.5) is 0 Å². The maximum atomic E-state index is 8.78. The van der Waals surface area contributed by atoms with Gasteiger partial charge in [0.2, 0.25) is 5.88 Å². The Kier molecular flexibility index (Phi) is 2.80. The van der Waals surface area contributed by atoms with E-state index >= 15 is 0 Å². The second kappa shape index (κ2) is 3.85. The van der Waals surface area contributed by atoms with E-state index in [9.17, 15) is 0 Å². The Morgan fingerprint density at radius 3 is 2.62 bits per heavy atom. The number of aryl methyl sites for hydroxylation is 2. The average molecular weight is 177 g/mol. The van der Waals surface area contributed by atoms with Gasteiger partial charge < -0.3 is 4.74 Å². The van der Waals surface area contributed by atoms with Crippen molar-refractivity contribution in [2.45, 2.75) is 20.3 Å². The van der Waals surface area contributed by atoms with Crippen molar-refractivity contribution in [3.8, 4) is 11.9 Å². The minimum atomic E-state index is 0.367. The second-order valence-electron chi connectivity index (χ2n) is 2.57. The molecule has 0 saturated carbocycles. The largest absolute Gasteiger partial charge is 0.480 e. The van der Waals surface area contributed by atoms with Gasteiger partial charge in [-0.1, -0.05) is 6.92 Å². The van der Waals surface area contributed by atoms with Crippen LogP contribution in [-0.4, -0.2) is 17.1 Å². The van der Waals surface area contributed by atoms with Crippen LogP contribution in [0.5, 0.6) is 5.88 Å². The van der Waals surface area contributed by atoms with Gasteiger partial charge in [0.25, 0.3) is 0 Å². The van der Waals surface area contributed by atoms with Gasteiger partial charge in [-0.15, -0.1) is 0 Å². The highest BCUT2D eigenvalue weighted by atomic mass is 16.5. The smallest absolute Gasteiger partial charge is 0.235 e. The molecule has 0 saturated heterocycles. The maximum absolute atomic E-state index is 8.78. The zero-order chi connectivity index (χ0) is 9.84. The van der Waals surface area contributed by atoms with E-state index in [0.717, 1.165) is 6.42 Å². The van der Waals surface area contributed by atoms with Crippen molar-refractivity contribution in [3.63, 3.8) is 0 Å². The van der Waals surface area contributed by atoms with E-state index < -0.39 is 0 Å². The molecule has 0 aromatic carbocycles. The number of nitriles is 1. The summed E-state index contributed by atoms with van der Waals surface area (Å²) in [5.74, 6) is 1.07. The van der Waals surface area contributed by atoms with Crippen LogP contribution in [0, 0.1) is 18.3 Å². The van der Waals surface area contributed by atoms with Crippen LogP contribution in [0.25, 0.3) is 0 Å². The minimum absolute atomic E-state index is 0.367. The number of hydrogen-bond donors (Lipinski definition) is 0. The van der Waals surface area contributed by atoms with E-state index in [1.807, 2.05) is 13.0 Å². The molecule has 13 heavy (non-hydrogen) atoms. The molecule has 1 heterocycles. The predicted octanol–water partition coefficient (Wildman–Crippen LogP) is 1.23. The molecule has 0 fully saturated rings.